The molecule has 0 aliphatic carbocycles. The van der Waals surface area contributed by atoms with E-state index in [1.54, 1.807) is 12.1 Å². The van der Waals surface area contributed by atoms with Gasteiger partial charge in [0.25, 0.3) is 5.91 Å². The number of hydrogen-bond donors (Lipinski definition) is 1. The van der Waals surface area contributed by atoms with Gasteiger partial charge in [0.2, 0.25) is 0 Å². The number of carbonyl (C=O) groups excluding carboxylic acids is 1. The molecule has 0 bridgehead atoms. The Kier molecular flexibility index (Phi) is 3.72. The van der Waals surface area contributed by atoms with E-state index in [9.17, 15) is 13.2 Å². The van der Waals surface area contributed by atoms with E-state index in [0.717, 1.165) is 3.57 Å². The summed E-state index contributed by atoms with van der Waals surface area (Å²) in [6.07, 6.45) is 0.511. The molecule has 2 rings (SSSR count). The Hall–Kier alpha value is -0.630. The second kappa shape index (κ2) is 4.93. The summed E-state index contributed by atoms with van der Waals surface area (Å²) in [7, 11) is -2.95. The van der Waals surface area contributed by atoms with Crippen LogP contribution in [-0.4, -0.2) is 31.9 Å². The summed E-state index contributed by atoms with van der Waals surface area (Å²) in [4.78, 5) is 11.9. The van der Waals surface area contributed by atoms with Crippen LogP contribution in [0.15, 0.2) is 24.3 Å². The molecule has 0 unspecified atom stereocenters. The molecule has 0 radical (unpaired) electrons. The van der Waals surface area contributed by atoms with Gasteiger partial charge in [-0.3, -0.25) is 4.79 Å². The largest absolute Gasteiger partial charge is 0.348 e. The van der Waals surface area contributed by atoms with Crippen molar-refractivity contribution in [2.45, 2.75) is 12.5 Å². The monoisotopic (exact) mass is 365 g/mol. The van der Waals surface area contributed by atoms with Crippen molar-refractivity contribution in [2.75, 3.05) is 11.5 Å². The van der Waals surface area contributed by atoms with E-state index in [2.05, 4.69) is 27.9 Å². The maximum atomic E-state index is 11.9. The van der Waals surface area contributed by atoms with Gasteiger partial charge in [0.15, 0.2) is 9.84 Å². The predicted molar refractivity (Wildman–Crippen MR) is 73.7 cm³/mol. The van der Waals surface area contributed by atoms with Crippen molar-refractivity contribution in [3.05, 3.63) is 33.4 Å². The molecule has 0 saturated carbocycles. The van der Waals surface area contributed by atoms with Crippen LogP contribution in [-0.2, 0) is 9.84 Å². The molecule has 1 saturated heterocycles. The highest BCUT2D eigenvalue weighted by molar-refractivity contribution is 14.1. The molecule has 1 aliphatic heterocycles. The third kappa shape index (κ3) is 3.19. The minimum atomic E-state index is -2.95. The SMILES string of the molecule is O=C(N[C@@H]1CCS(=O)(=O)C1)c1ccccc1I. The Morgan fingerprint density at radius 2 is 2.06 bits per heavy atom. The number of hydrogen-bond acceptors (Lipinski definition) is 3. The minimum absolute atomic E-state index is 0.0577. The van der Waals surface area contributed by atoms with Gasteiger partial charge in [0.1, 0.15) is 0 Å². The Morgan fingerprint density at radius 3 is 2.65 bits per heavy atom. The van der Waals surface area contributed by atoms with Crippen molar-refractivity contribution < 1.29 is 13.2 Å². The molecular formula is C11H12INO3S. The number of halogens is 1. The van der Waals surface area contributed by atoms with Crippen molar-refractivity contribution in [2.24, 2.45) is 0 Å². The Morgan fingerprint density at radius 1 is 1.35 bits per heavy atom. The highest BCUT2D eigenvalue weighted by Crippen LogP contribution is 2.14. The standard InChI is InChI=1S/C11H12INO3S/c12-10-4-2-1-3-9(10)11(14)13-8-5-6-17(15,16)7-8/h1-4,8H,5-7H2,(H,13,14)/t8-/m1/s1. The van der Waals surface area contributed by atoms with E-state index < -0.39 is 9.84 Å². The molecule has 1 aliphatic rings. The van der Waals surface area contributed by atoms with Crippen LogP contribution >= 0.6 is 22.6 Å². The zero-order chi connectivity index (χ0) is 12.5. The van der Waals surface area contributed by atoms with Gasteiger partial charge in [-0.2, -0.15) is 0 Å². The van der Waals surface area contributed by atoms with Gasteiger partial charge in [-0.1, -0.05) is 12.1 Å². The van der Waals surface area contributed by atoms with E-state index in [1.165, 1.54) is 0 Å². The third-order valence-corrected chi connectivity index (χ3v) is 5.39. The highest BCUT2D eigenvalue weighted by atomic mass is 127. The Labute approximate surface area is 114 Å². The number of sulfone groups is 1. The second-order valence-corrected chi connectivity index (χ2v) is 7.44. The summed E-state index contributed by atoms with van der Waals surface area (Å²) in [5.41, 5.74) is 0.595. The fourth-order valence-electron chi connectivity index (χ4n) is 1.82. The van der Waals surface area contributed by atoms with Crippen molar-refractivity contribution in [1.29, 1.82) is 0 Å². The van der Waals surface area contributed by atoms with Crippen LogP contribution in [0.25, 0.3) is 0 Å². The predicted octanol–water partition coefficient (Wildman–Crippen LogP) is 1.21. The minimum Gasteiger partial charge on any atom is -0.348 e. The number of nitrogens with one attached hydrogen (secondary N) is 1. The lowest BCUT2D eigenvalue weighted by molar-refractivity contribution is 0.0940. The molecular weight excluding hydrogens is 353 g/mol. The summed E-state index contributed by atoms with van der Waals surface area (Å²) in [5.74, 6) is 0.0310. The zero-order valence-electron chi connectivity index (χ0n) is 9.02. The first-order valence-corrected chi connectivity index (χ1v) is 8.14. The van der Waals surface area contributed by atoms with Crippen molar-refractivity contribution in [3.8, 4) is 0 Å². The first kappa shape index (κ1) is 12.8. The van der Waals surface area contributed by atoms with Gasteiger partial charge < -0.3 is 5.32 Å². The molecule has 1 fully saturated rings. The molecule has 1 atom stereocenters. The molecule has 1 aromatic carbocycles. The van der Waals surface area contributed by atoms with Crippen molar-refractivity contribution in [1.82, 2.24) is 5.32 Å². The number of amides is 1. The molecule has 0 aromatic heterocycles. The fourth-order valence-corrected chi connectivity index (χ4v) is 4.12. The summed E-state index contributed by atoms with van der Waals surface area (Å²) < 4.78 is 23.4. The summed E-state index contributed by atoms with van der Waals surface area (Å²) in [6.45, 7) is 0. The lowest BCUT2D eigenvalue weighted by atomic mass is 10.2. The lowest BCUT2D eigenvalue weighted by Gasteiger charge is -2.11. The van der Waals surface area contributed by atoms with Crippen LogP contribution in [0.4, 0.5) is 0 Å². The van der Waals surface area contributed by atoms with Crippen LogP contribution in [0.1, 0.15) is 16.8 Å². The molecule has 1 amide bonds. The van der Waals surface area contributed by atoms with Crippen LogP contribution in [0.5, 0.6) is 0 Å². The van der Waals surface area contributed by atoms with E-state index >= 15 is 0 Å². The third-order valence-electron chi connectivity index (χ3n) is 2.69. The summed E-state index contributed by atoms with van der Waals surface area (Å²) in [5, 5.41) is 2.77. The maximum Gasteiger partial charge on any atom is 0.252 e. The number of rotatable bonds is 2. The van der Waals surface area contributed by atoms with E-state index in [1.807, 2.05) is 12.1 Å². The van der Waals surface area contributed by atoms with Gasteiger partial charge in [0.05, 0.1) is 17.1 Å². The molecule has 92 valence electrons. The Balaban J connectivity index is 2.06. The van der Waals surface area contributed by atoms with Crippen molar-refractivity contribution in [3.63, 3.8) is 0 Å². The Bertz CT molecular complexity index is 541. The van der Waals surface area contributed by atoms with E-state index in [-0.39, 0.29) is 23.5 Å². The fraction of sp³-hybridized carbons (Fsp3) is 0.364. The second-order valence-electron chi connectivity index (χ2n) is 4.05. The van der Waals surface area contributed by atoms with Gasteiger partial charge in [-0.05, 0) is 41.1 Å². The van der Waals surface area contributed by atoms with Gasteiger partial charge in [0, 0.05) is 9.61 Å². The summed E-state index contributed by atoms with van der Waals surface area (Å²) >= 11 is 2.09. The van der Waals surface area contributed by atoms with Crippen molar-refractivity contribution >= 4 is 38.3 Å². The first-order chi connectivity index (χ1) is 7.98. The molecule has 17 heavy (non-hydrogen) atoms. The topological polar surface area (TPSA) is 63.2 Å². The molecule has 0 spiro atoms. The van der Waals surface area contributed by atoms with Crippen LogP contribution in [0, 0.1) is 3.57 Å². The maximum absolute atomic E-state index is 11.9. The van der Waals surface area contributed by atoms with E-state index in [4.69, 9.17) is 0 Å². The van der Waals surface area contributed by atoms with Gasteiger partial charge in [-0.25, -0.2) is 8.42 Å². The summed E-state index contributed by atoms with van der Waals surface area (Å²) in [6, 6.07) is 6.99. The number of carbonyl (C=O) groups is 1. The molecule has 1 heterocycles. The highest BCUT2D eigenvalue weighted by Gasteiger charge is 2.29. The van der Waals surface area contributed by atoms with Crippen LogP contribution in [0.2, 0.25) is 0 Å². The van der Waals surface area contributed by atoms with Crippen LogP contribution < -0.4 is 5.32 Å². The molecule has 1 aromatic rings. The average molecular weight is 365 g/mol. The lowest BCUT2D eigenvalue weighted by Crippen LogP contribution is -2.35. The zero-order valence-corrected chi connectivity index (χ0v) is 12.0. The molecule has 1 N–H and O–H groups in total. The first-order valence-electron chi connectivity index (χ1n) is 5.24. The van der Waals surface area contributed by atoms with Crippen LogP contribution in [0.3, 0.4) is 0 Å². The quantitative estimate of drug-likeness (QED) is 0.802. The molecule has 4 nitrogen and oxygen atoms in total. The average Bonchev–Trinajstić information content (AvgIpc) is 2.58. The van der Waals surface area contributed by atoms with E-state index in [0.29, 0.717) is 12.0 Å². The normalized spacial score (nSPS) is 22.3. The molecule has 6 heteroatoms. The smallest absolute Gasteiger partial charge is 0.252 e. The number of benzene rings is 1. The van der Waals surface area contributed by atoms with Gasteiger partial charge >= 0.3 is 0 Å². The van der Waals surface area contributed by atoms with Gasteiger partial charge in [-0.15, -0.1) is 0 Å².